The quantitative estimate of drug-likeness (QED) is 0.474. The zero-order valence-electron chi connectivity index (χ0n) is 19.3. The number of sulfonamides is 1. The van der Waals surface area contributed by atoms with Crippen LogP contribution in [-0.4, -0.2) is 52.9 Å². The van der Waals surface area contributed by atoms with Gasteiger partial charge in [0.2, 0.25) is 15.9 Å². The Morgan fingerprint density at radius 3 is 2.23 bits per heavy atom. The molecule has 3 aromatic carbocycles. The maximum atomic E-state index is 13.5. The molecule has 1 aliphatic rings. The third kappa shape index (κ3) is 5.13. The van der Waals surface area contributed by atoms with E-state index in [0.717, 1.165) is 16.1 Å². The normalized spacial score (nSPS) is 17.1. The van der Waals surface area contributed by atoms with Gasteiger partial charge in [-0.25, -0.2) is 16.8 Å². The number of rotatable bonds is 6. The van der Waals surface area contributed by atoms with E-state index >= 15 is 0 Å². The molecule has 1 heterocycles. The first-order chi connectivity index (χ1) is 16.5. The summed E-state index contributed by atoms with van der Waals surface area (Å²) in [6.45, 7) is 0.359. The smallest absolute Gasteiger partial charge is 0.245 e. The number of nitrogens with zero attached hydrogens (tertiary/aromatic N) is 2. The van der Waals surface area contributed by atoms with Gasteiger partial charge in [0, 0.05) is 36.1 Å². The molecule has 0 radical (unpaired) electrons. The molecular formula is C25H25ClN2O5S2. The van der Waals surface area contributed by atoms with Gasteiger partial charge >= 0.3 is 0 Å². The predicted molar refractivity (Wildman–Crippen MR) is 137 cm³/mol. The lowest BCUT2D eigenvalue weighted by molar-refractivity contribution is -0.123. The molecule has 35 heavy (non-hydrogen) atoms. The molecule has 0 spiro atoms. The Morgan fingerprint density at radius 2 is 1.60 bits per heavy atom. The molecule has 0 aliphatic carbocycles. The van der Waals surface area contributed by atoms with Gasteiger partial charge in [-0.3, -0.25) is 4.79 Å². The van der Waals surface area contributed by atoms with E-state index in [4.69, 9.17) is 11.6 Å². The number of sulfone groups is 1. The Kier molecular flexibility index (Phi) is 7.06. The van der Waals surface area contributed by atoms with Crippen molar-refractivity contribution in [1.29, 1.82) is 0 Å². The Morgan fingerprint density at radius 1 is 0.943 bits per heavy atom. The molecule has 1 saturated heterocycles. The van der Waals surface area contributed by atoms with Crippen molar-refractivity contribution < 1.29 is 21.6 Å². The maximum absolute atomic E-state index is 13.5. The van der Waals surface area contributed by atoms with Crippen LogP contribution in [0.15, 0.2) is 82.6 Å². The summed E-state index contributed by atoms with van der Waals surface area (Å²) < 4.78 is 52.6. The first-order valence-corrected chi connectivity index (χ1v) is 14.7. The number of anilines is 1. The fraction of sp³-hybridized carbons (Fsp3) is 0.240. The summed E-state index contributed by atoms with van der Waals surface area (Å²) in [5, 5.41) is 0.409. The molecule has 0 aromatic heterocycles. The summed E-state index contributed by atoms with van der Waals surface area (Å²) in [4.78, 5) is 15.1. The lowest BCUT2D eigenvalue weighted by atomic mass is 10.0. The van der Waals surface area contributed by atoms with Gasteiger partial charge in [-0.15, -0.1) is 0 Å². The monoisotopic (exact) mass is 532 g/mol. The van der Waals surface area contributed by atoms with Gasteiger partial charge in [-0.1, -0.05) is 48.0 Å². The van der Waals surface area contributed by atoms with Crippen LogP contribution >= 0.6 is 11.6 Å². The van der Waals surface area contributed by atoms with E-state index in [-0.39, 0.29) is 9.79 Å². The van der Waals surface area contributed by atoms with Crippen LogP contribution in [0.1, 0.15) is 12.8 Å². The number of amides is 1. The number of hydrogen-bond donors (Lipinski definition) is 0. The topological polar surface area (TPSA) is 91.8 Å². The minimum atomic E-state index is -3.94. The third-order valence-corrected chi connectivity index (χ3v) is 9.37. The number of piperidine rings is 1. The molecule has 10 heteroatoms. The Hall–Kier alpha value is -2.72. The second kappa shape index (κ2) is 9.73. The summed E-state index contributed by atoms with van der Waals surface area (Å²) >= 11 is 5.88. The molecule has 1 aliphatic heterocycles. The van der Waals surface area contributed by atoms with E-state index in [1.165, 1.54) is 42.3 Å². The van der Waals surface area contributed by atoms with Crippen LogP contribution in [0.25, 0.3) is 11.1 Å². The first kappa shape index (κ1) is 25.4. The van der Waals surface area contributed by atoms with Crippen molar-refractivity contribution in [2.24, 2.45) is 0 Å². The largest absolute Gasteiger partial charge is 0.311 e. The first-order valence-electron chi connectivity index (χ1n) is 10.9. The minimum absolute atomic E-state index is 0.0425. The lowest BCUT2D eigenvalue weighted by Crippen LogP contribution is -2.53. The van der Waals surface area contributed by atoms with Gasteiger partial charge in [0.05, 0.1) is 9.79 Å². The second-order valence-electron chi connectivity index (χ2n) is 8.44. The Labute approximate surface area is 210 Å². The van der Waals surface area contributed by atoms with E-state index in [1.807, 2.05) is 30.3 Å². The molecule has 1 atom stereocenters. The second-order valence-corrected chi connectivity index (χ2v) is 12.9. The fourth-order valence-corrected chi connectivity index (χ4v) is 6.62. The Bertz CT molecular complexity index is 1460. The van der Waals surface area contributed by atoms with E-state index in [0.29, 0.717) is 35.7 Å². The van der Waals surface area contributed by atoms with Crippen molar-refractivity contribution in [2.75, 3.05) is 24.7 Å². The molecule has 0 saturated carbocycles. The van der Waals surface area contributed by atoms with Crippen molar-refractivity contribution in [3.05, 3.63) is 77.8 Å². The van der Waals surface area contributed by atoms with Crippen molar-refractivity contribution in [1.82, 2.24) is 4.31 Å². The maximum Gasteiger partial charge on any atom is 0.245 e. The number of benzene rings is 3. The molecule has 7 nitrogen and oxygen atoms in total. The number of likely N-dealkylation sites (N-methyl/N-ethyl adjacent to an activating group) is 1. The zero-order valence-corrected chi connectivity index (χ0v) is 21.6. The van der Waals surface area contributed by atoms with Crippen LogP contribution in [0.2, 0.25) is 5.02 Å². The van der Waals surface area contributed by atoms with Crippen LogP contribution < -0.4 is 4.90 Å². The van der Waals surface area contributed by atoms with Crippen LogP contribution in [0.4, 0.5) is 5.69 Å². The fourth-order valence-electron chi connectivity index (χ4n) is 4.23. The third-order valence-electron chi connectivity index (χ3n) is 6.10. The van der Waals surface area contributed by atoms with Gasteiger partial charge < -0.3 is 4.90 Å². The SMILES string of the molecule is CN(C1CCCN(c2ccc(-c3ccccc3)c(S(C)(=O)=O)c2)C1=O)S(=O)(=O)c1ccc(Cl)cc1. The standard InChI is InChI=1S/C25H25ClN2O5S2/c1-27(35(32,33)21-13-10-19(26)11-14-21)23-9-6-16-28(25(23)29)20-12-15-22(18-7-4-3-5-8-18)24(17-20)34(2,30)31/h3-5,7-8,10-15,17,23H,6,9,16H2,1-2H3. The number of carbonyl (C=O) groups is 1. The number of hydrogen-bond acceptors (Lipinski definition) is 5. The molecule has 4 rings (SSSR count). The number of halogens is 1. The van der Waals surface area contributed by atoms with Gasteiger partial charge in [-0.05, 0) is 54.8 Å². The highest BCUT2D eigenvalue weighted by Crippen LogP contribution is 2.33. The van der Waals surface area contributed by atoms with Gasteiger partial charge in [0.25, 0.3) is 0 Å². The average Bonchev–Trinajstić information content (AvgIpc) is 2.84. The molecule has 1 fully saturated rings. The van der Waals surface area contributed by atoms with Gasteiger partial charge in [-0.2, -0.15) is 4.31 Å². The lowest BCUT2D eigenvalue weighted by Gasteiger charge is -2.36. The van der Waals surface area contributed by atoms with Crippen LogP contribution in [0.5, 0.6) is 0 Å². The van der Waals surface area contributed by atoms with E-state index in [9.17, 15) is 21.6 Å². The molecule has 0 bridgehead atoms. The molecule has 184 valence electrons. The molecule has 3 aromatic rings. The van der Waals surface area contributed by atoms with Crippen LogP contribution in [-0.2, 0) is 24.7 Å². The summed E-state index contributed by atoms with van der Waals surface area (Å²) in [7, 11) is -6.16. The van der Waals surface area contributed by atoms with Gasteiger partial charge in [0.15, 0.2) is 9.84 Å². The summed E-state index contributed by atoms with van der Waals surface area (Å²) in [6, 6.07) is 18.9. The van der Waals surface area contributed by atoms with Crippen molar-refractivity contribution >= 4 is 43.1 Å². The molecule has 0 N–H and O–H groups in total. The highest BCUT2D eigenvalue weighted by molar-refractivity contribution is 7.90. The van der Waals surface area contributed by atoms with Crippen molar-refractivity contribution in [3.8, 4) is 11.1 Å². The van der Waals surface area contributed by atoms with E-state index in [2.05, 4.69) is 0 Å². The predicted octanol–water partition coefficient (Wildman–Crippen LogP) is 4.23. The summed E-state index contributed by atoms with van der Waals surface area (Å²) in [5.74, 6) is -0.400. The van der Waals surface area contributed by atoms with Crippen molar-refractivity contribution in [3.63, 3.8) is 0 Å². The van der Waals surface area contributed by atoms with Crippen LogP contribution in [0.3, 0.4) is 0 Å². The minimum Gasteiger partial charge on any atom is -0.311 e. The van der Waals surface area contributed by atoms with Gasteiger partial charge in [0.1, 0.15) is 6.04 Å². The summed E-state index contributed by atoms with van der Waals surface area (Å²) in [5.41, 5.74) is 1.70. The Balaban J connectivity index is 1.68. The molecule has 1 amide bonds. The zero-order chi connectivity index (χ0) is 25.4. The highest BCUT2D eigenvalue weighted by Gasteiger charge is 2.38. The highest BCUT2D eigenvalue weighted by atomic mass is 35.5. The molecular weight excluding hydrogens is 508 g/mol. The average molecular weight is 533 g/mol. The van der Waals surface area contributed by atoms with E-state index in [1.54, 1.807) is 12.1 Å². The van der Waals surface area contributed by atoms with Crippen LogP contribution in [0, 0.1) is 0 Å². The molecule has 1 unspecified atom stereocenters. The van der Waals surface area contributed by atoms with E-state index < -0.39 is 31.8 Å². The van der Waals surface area contributed by atoms with Crippen molar-refractivity contribution in [2.45, 2.75) is 28.7 Å². The summed E-state index contributed by atoms with van der Waals surface area (Å²) in [6.07, 6.45) is 2.05. The number of carbonyl (C=O) groups excluding carboxylic acids is 1.